The molecule has 140 valence electrons. The lowest BCUT2D eigenvalue weighted by atomic mass is 9.99. The van der Waals surface area contributed by atoms with Gasteiger partial charge in [-0.15, -0.1) is 0 Å². The van der Waals surface area contributed by atoms with Gasteiger partial charge >= 0.3 is 0 Å². The quantitative estimate of drug-likeness (QED) is 0.346. The van der Waals surface area contributed by atoms with Gasteiger partial charge in [0.1, 0.15) is 24.4 Å². The molecule has 0 spiro atoms. The fraction of sp³-hybridized carbons (Fsp3) is 0.579. The molecule has 0 aromatic carbocycles. The SMILES string of the molecule is CC#CC#CC#CC#CCCC(CO)OC1OC(CO)C(O)C(O)C1O. The van der Waals surface area contributed by atoms with E-state index in [9.17, 15) is 20.4 Å². The fourth-order valence-corrected chi connectivity index (χ4v) is 2.10. The van der Waals surface area contributed by atoms with Gasteiger partial charge in [-0.05, 0) is 48.9 Å². The normalized spacial score (nSPS) is 28.0. The maximum absolute atomic E-state index is 9.90. The lowest BCUT2D eigenvalue weighted by molar-refractivity contribution is -0.313. The van der Waals surface area contributed by atoms with E-state index in [0.717, 1.165) is 0 Å². The van der Waals surface area contributed by atoms with Gasteiger partial charge in [0.2, 0.25) is 0 Å². The van der Waals surface area contributed by atoms with E-state index >= 15 is 0 Å². The maximum Gasteiger partial charge on any atom is 0.187 e. The van der Waals surface area contributed by atoms with Crippen LogP contribution in [0, 0.1) is 47.4 Å². The molecule has 6 atom stereocenters. The molecule has 26 heavy (non-hydrogen) atoms. The predicted molar refractivity (Wildman–Crippen MR) is 91.7 cm³/mol. The molecule has 0 amide bonds. The van der Waals surface area contributed by atoms with Gasteiger partial charge in [0.25, 0.3) is 0 Å². The zero-order valence-corrected chi connectivity index (χ0v) is 14.3. The van der Waals surface area contributed by atoms with Crippen LogP contribution in [0.5, 0.6) is 0 Å². The summed E-state index contributed by atoms with van der Waals surface area (Å²) in [5.41, 5.74) is 0. The lowest BCUT2D eigenvalue weighted by Gasteiger charge is -2.40. The summed E-state index contributed by atoms with van der Waals surface area (Å²) >= 11 is 0. The molecule has 1 rings (SSSR count). The van der Waals surface area contributed by atoms with Gasteiger partial charge < -0.3 is 35.0 Å². The van der Waals surface area contributed by atoms with Crippen molar-refractivity contribution >= 4 is 0 Å². The molecule has 0 saturated carbocycles. The van der Waals surface area contributed by atoms with Gasteiger partial charge in [0.05, 0.1) is 19.3 Å². The van der Waals surface area contributed by atoms with Gasteiger partial charge in [-0.1, -0.05) is 11.8 Å². The molecule has 6 unspecified atom stereocenters. The van der Waals surface area contributed by atoms with Crippen LogP contribution in [0.1, 0.15) is 19.8 Å². The highest BCUT2D eigenvalue weighted by Gasteiger charge is 2.44. The fourth-order valence-electron chi connectivity index (χ4n) is 2.10. The molecule has 1 fully saturated rings. The molecule has 7 nitrogen and oxygen atoms in total. The van der Waals surface area contributed by atoms with Crippen molar-refractivity contribution in [3.8, 4) is 47.4 Å². The molecule has 0 aliphatic carbocycles. The third kappa shape index (κ3) is 7.06. The van der Waals surface area contributed by atoms with Crippen molar-refractivity contribution in [2.24, 2.45) is 0 Å². The van der Waals surface area contributed by atoms with Gasteiger partial charge in [0, 0.05) is 6.42 Å². The summed E-state index contributed by atoms with van der Waals surface area (Å²) in [5, 5.41) is 47.8. The Morgan fingerprint density at radius 3 is 2.19 bits per heavy atom. The number of rotatable bonds is 6. The van der Waals surface area contributed by atoms with Crippen molar-refractivity contribution in [1.29, 1.82) is 0 Å². The molecule has 1 saturated heterocycles. The highest BCUT2D eigenvalue weighted by atomic mass is 16.7. The molecule has 0 bridgehead atoms. The Labute approximate surface area is 152 Å². The Morgan fingerprint density at radius 2 is 1.58 bits per heavy atom. The van der Waals surface area contributed by atoms with Crippen LogP contribution in [-0.2, 0) is 9.47 Å². The number of aliphatic hydroxyl groups excluding tert-OH is 5. The van der Waals surface area contributed by atoms with Crippen molar-refractivity contribution in [3.05, 3.63) is 0 Å². The minimum Gasteiger partial charge on any atom is -0.394 e. The van der Waals surface area contributed by atoms with E-state index in [0.29, 0.717) is 12.8 Å². The van der Waals surface area contributed by atoms with E-state index in [4.69, 9.17) is 14.6 Å². The predicted octanol–water partition coefficient (Wildman–Crippen LogP) is -2.02. The van der Waals surface area contributed by atoms with E-state index in [-0.39, 0.29) is 6.61 Å². The van der Waals surface area contributed by atoms with Gasteiger partial charge in [-0.3, -0.25) is 0 Å². The Hall–Kier alpha value is -2.04. The van der Waals surface area contributed by atoms with E-state index < -0.39 is 43.4 Å². The largest absolute Gasteiger partial charge is 0.394 e. The third-order valence-corrected chi connectivity index (χ3v) is 3.50. The van der Waals surface area contributed by atoms with Crippen molar-refractivity contribution in [1.82, 2.24) is 0 Å². The molecule has 5 N–H and O–H groups in total. The smallest absolute Gasteiger partial charge is 0.187 e. The summed E-state index contributed by atoms with van der Waals surface area (Å²) in [6, 6.07) is 0. The second-order valence-electron chi connectivity index (χ2n) is 5.35. The van der Waals surface area contributed by atoms with Crippen molar-refractivity contribution in [2.75, 3.05) is 13.2 Å². The summed E-state index contributed by atoms with van der Waals surface area (Å²) in [6.45, 7) is 0.765. The highest BCUT2D eigenvalue weighted by molar-refractivity contribution is 5.39. The van der Waals surface area contributed by atoms with Crippen molar-refractivity contribution in [2.45, 2.75) is 56.6 Å². The van der Waals surface area contributed by atoms with Crippen LogP contribution in [0.25, 0.3) is 0 Å². The zero-order chi connectivity index (χ0) is 19.4. The first kappa shape index (κ1) is 22.0. The maximum atomic E-state index is 9.90. The average molecular weight is 362 g/mol. The van der Waals surface area contributed by atoms with Crippen LogP contribution in [0.2, 0.25) is 0 Å². The summed E-state index contributed by atoms with van der Waals surface area (Å²) in [4.78, 5) is 0. The van der Waals surface area contributed by atoms with Crippen LogP contribution < -0.4 is 0 Å². The van der Waals surface area contributed by atoms with Crippen LogP contribution in [0.3, 0.4) is 0 Å². The Kier molecular flexibility index (Phi) is 10.4. The topological polar surface area (TPSA) is 120 Å². The van der Waals surface area contributed by atoms with Crippen LogP contribution >= 0.6 is 0 Å². The molecule has 7 heteroatoms. The van der Waals surface area contributed by atoms with E-state index in [1.165, 1.54) is 0 Å². The molecule has 1 aliphatic heterocycles. The van der Waals surface area contributed by atoms with E-state index in [2.05, 4.69) is 47.4 Å². The monoisotopic (exact) mass is 362 g/mol. The molecule has 1 aliphatic rings. The highest BCUT2D eigenvalue weighted by Crippen LogP contribution is 2.23. The number of hydrogen-bond acceptors (Lipinski definition) is 7. The second-order valence-corrected chi connectivity index (χ2v) is 5.35. The number of hydrogen-bond donors (Lipinski definition) is 5. The first-order chi connectivity index (χ1) is 12.5. The zero-order valence-electron chi connectivity index (χ0n) is 14.3. The van der Waals surface area contributed by atoms with Crippen LogP contribution in [0.15, 0.2) is 0 Å². The van der Waals surface area contributed by atoms with E-state index in [1.54, 1.807) is 6.92 Å². The minimum atomic E-state index is -1.53. The molecular weight excluding hydrogens is 340 g/mol. The molecule has 0 aromatic rings. The van der Waals surface area contributed by atoms with Crippen molar-refractivity contribution in [3.63, 3.8) is 0 Å². The first-order valence-corrected chi connectivity index (χ1v) is 8.01. The lowest BCUT2D eigenvalue weighted by Crippen LogP contribution is -2.59. The van der Waals surface area contributed by atoms with Crippen LogP contribution in [0.4, 0.5) is 0 Å². The minimum absolute atomic E-state index is 0.327. The second kappa shape index (κ2) is 12.3. The third-order valence-electron chi connectivity index (χ3n) is 3.50. The molecular formula is C19H22O7. The Bertz CT molecular complexity index is 672. The molecule has 0 radical (unpaired) electrons. The van der Waals surface area contributed by atoms with Gasteiger partial charge in [0.15, 0.2) is 6.29 Å². The average Bonchev–Trinajstić information content (AvgIpc) is 2.65. The van der Waals surface area contributed by atoms with E-state index in [1.807, 2.05) is 0 Å². The first-order valence-electron chi connectivity index (χ1n) is 8.01. The summed E-state index contributed by atoms with van der Waals surface area (Å²) < 4.78 is 10.7. The Morgan fingerprint density at radius 1 is 0.923 bits per heavy atom. The van der Waals surface area contributed by atoms with Gasteiger partial charge in [-0.25, -0.2) is 0 Å². The van der Waals surface area contributed by atoms with Crippen molar-refractivity contribution < 1.29 is 35.0 Å². The van der Waals surface area contributed by atoms with Gasteiger partial charge in [-0.2, -0.15) is 0 Å². The van der Waals surface area contributed by atoms with Crippen LogP contribution in [-0.4, -0.2) is 75.6 Å². The number of ether oxygens (including phenoxy) is 2. The number of aliphatic hydroxyl groups is 5. The summed E-state index contributed by atoms with van der Waals surface area (Å²) in [5.74, 6) is 20.6. The Balaban J connectivity index is 2.52. The summed E-state index contributed by atoms with van der Waals surface area (Å²) in [6.07, 6.45) is -6.87. The molecule has 1 heterocycles. The molecule has 0 aromatic heterocycles. The summed E-state index contributed by atoms with van der Waals surface area (Å²) in [7, 11) is 0. The standard InChI is InChI=1S/C19H22O7/c1-2-3-4-5-6-7-8-9-10-11-14(12-20)25-19-18(24)17(23)16(22)15(13-21)26-19/h14-24H,10-13H2,1H3.